The third-order valence-electron chi connectivity index (χ3n) is 3.12. The molecular weight excluding hydrogens is 363 g/mol. The summed E-state index contributed by atoms with van der Waals surface area (Å²) >= 11 is 11.8. The Kier molecular flexibility index (Phi) is 7.10. The van der Waals surface area contributed by atoms with Crippen molar-refractivity contribution in [3.8, 4) is 11.5 Å². The summed E-state index contributed by atoms with van der Waals surface area (Å²) in [6, 6.07) is 10.0. The standard InChI is InChI=1S/C18H18Cl2N2O3/c1-3-24-16-8-5-12(9-17(16)25-4-2)11-21-22-18(23)14-7-6-13(19)10-15(14)20/h5-11H,3-4H2,1-2H3,(H,22,23)/b21-11+. The summed E-state index contributed by atoms with van der Waals surface area (Å²) in [4.78, 5) is 12.1. The maximum atomic E-state index is 12.1. The summed E-state index contributed by atoms with van der Waals surface area (Å²) < 4.78 is 11.1. The van der Waals surface area contributed by atoms with Gasteiger partial charge < -0.3 is 9.47 Å². The van der Waals surface area contributed by atoms with Crippen LogP contribution in [-0.4, -0.2) is 25.3 Å². The summed E-state index contributed by atoms with van der Waals surface area (Å²) in [6.45, 7) is 4.87. The first kappa shape index (κ1) is 19.1. The van der Waals surface area contributed by atoms with Gasteiger partial charge in [0.25, 0.3) is 5.91 Å². The Morgan fingerprint density at radius 2 is 1.80 bits per heavy atom. The zero-order valence-corrected chi connectivity index (χ0v) is 15.4. The average Bonchev–Trinajstić information content (AvgIpc) is 2.57. The number of hydrogen-bond donors (Lipinski definition) is 1. The highest BCUT2D eigenvalue weighted by Gasteiger charge is 2.10. The fourth-order valence-corrected chi connectivity index (χ4v) is 2.54. The second-order valence-corrected chi connectivity index (χ2v) is 5.74. The van der Waals surface area contributed by atoms with Crippen molar-refractivity contribution in [3.63, 3.8) is 0 Å². The Bertz CT molecular complexity index is 779. The van der Waals surface area contributed by atoms with Crippen LogP contribution in [0.5, 0.6) is 11.5 Å². The SMILES string of the molecule is CCOc1ccc(/C=N/NC(=O)c2ccc(Cl)cc2Cl)cc1OCC. The quantitative estimate of drug-likeness (QED) is 0.565. The van der Waals surface area contributed by atoms with Crippen molar-refractivity contribution in [1.82, 2.24) is 5.43 Å². The van der Waals surface area contributed by atoms with Crippen LogP contribution < -0.4 is 14.9 Å². The number of benzene rings is 2. The molecule has 2 rings (SSSR count). The molecule has 2 aromatic carbocycles. The lowest BCUT2D eigenvalue weighted by molar-refractivity contribution is 0.0955. The van der Waals surface area contributed by atoms with E-state index in [1.165, 1.54) is 12.3 Å². The van der Waals surface area contributed by atoms with Gasteiger partial charge in [-0.3, -0.25) is 4.79 Å². The molecule has 0 aromatic heterocycles. The van der Waals surface area contributed by atoms with Crippen LogP contribution in [-0.2, 0) is 0 Å². The molecule has 0 saturated heterocycles. The normalized spacial score (nSPS) is 10.7. The Hall–Kier alpha value is -2.24. The van der Waals surface area contributed by atoms with Gasteiger partial charge in [-0.25, -0.2) is 5.43 Å². The first-order valence-electron chi connectivity index (χ1n) is 7.73. The van der Waals surface area contributed by atoms with Gasteiger partial charge in [-0.2, -0.15) is 5.10 Å². The van der Waals surface area contributed by atoms with E-state index in [-0.39, 0.29) is 5.02 Å². The van der Waals surface area contributed by atoms with Crippen LogP contribution in [0.25, 0.3) is 0 Å². The molecule has 0 aliphatic rings. The summed E-state index contributed by atoms with van der Waals surface area (Å²) in [7, 11) is 0. The molecule has 0 saturated carbocycles. The summed E-state index contributed by atoms with van der Waals surface area (Å²) in [5.41, 5.74) is 3.48. The van der Waals surface area contributed by atoms with E-state index in [1.54, 1.807) is 24.3 Å². The van der Waals surface area contributed by atoms with Crippen LogP contribution in [0.1, 0.15) is 29.8 Å². The van der Waals surface area contributed by atoms with Gasteiger partial charge in [0.1, 0.15) is 0 Å². The lowest BCUT2D eigenvalue weighted by atomic mass is 10.2. The average molecular weight is 381 g/mol. The minimum atomic E-state index is -0.422. The van der Waals surface area contributed by atoms with Gasteiger partial charge >= 0.3 is 0 Å². The topological polar surface area (TPSA) is 59.9 Å². The van der Waals surface area contributed by atoms with Gasteiger partial charge in [-0.15, -0.1) is 0 Å². The van der Waals surface area contributed by atoms with Crippen LogP contribution in [0.3, 0.4) is 0 Å². The second-order valence-electron chi connectivity index (χ2n) is 4.90. The second kappa shape index (κ2) is 9.30. The number of amides is 1. The monoisotopic (exact) mass is 380 g/mol. The van der Waals surface area contributed by atoms with E-state index in [9.17, 15) is 4.79 Å². The van der Waals surface area contributed by atoms with Crippen molar-refractivity contribution >= 4 is 35.3 Å². The van der Waals surface area contributed by atoms with E-state index in [0.29, 0.717) is 35.3 Å². The van der Waals surface area contributed by atoms with Crippen molar-refractivity contribution in [2.75, 3.05) is 13.2 Å². The van der Waals surface area contributed by atoms with Crippen LogP contribution in [0.4, 0.5) is 0 Å². The van der Waals surface area contributed by atoms with Gasteiger partial charge in [-0.1, -0.05) is 23.2 Å². The predicted octanol–water partition coefficient (Wildman–Crippen LogP) is 4.55. The Morgan fingerprint density at radius 3 is 2.48 bits per heavy atom. The number of hydrazone groups is 1. The molecule has 25 heavy (non-hydrogen) atoms. The minimum Gasteiger partial charge on any atom is -0.490 e. The van der Waals surface area contributed by atoms with Crippen molar-refractivity contribution in [2.45, 2.75) is 13.8 Å². The fourth-order valence-electron chi connectivity index (χ4n) is 2.05. The molecule has 7 heteroatoms. The number of ether oxygens (including phenoxy) is 2. The molecule has 2 aromatic rings. The lowest BCUT2D eigenvalue weighted by Crippen LogP contribution is -2.18. The molecule has 0 spiro atoms. The van der Waals surface area contributed by atoms with Crippen LogP contribution in [0.2, 0.25) is 10.0 Å². The number of rotatable bonds is 7. The molecule has 1 N–H and O–H groups in total. The molecule has 0 radical (unpaired) electrons. The van der Waals surface area contributed by atoms with E-state index in [2.05, 4.69) is 10.5 Å². The highest BCUT2D eigenvalue weighted by molar-refractivity contribution is 6.36. The Labute approximate surface area is 156 Å². The van der Waals surface area contributed by atoms with E-state index in [0.717, 1.165) is 5.56 Å². The van der Waals surface area contributed by atoms with Crippen LogP contribution >= 0.6 is 23.2 Å². The first-order chi connectivity index (χ1) is 12.0. The van der Waals surface area contributed by atoms with Crippen molar-refractivity contribution < 1.29 is 14.3 Å². The van der Waals surface area contributed by atoms with Crippen LogP contribution in [0, 0.1) is 0 Å². The van der Waals surface area contributed by atoms with Gasteiger partial charge in [0, 0.05) is 5.02 Å². The van der Waals surface area contributed by atoms with E-state index >= 15 is 0 Å². The summed E-state index contributed by atoms with van der Waals surface area (Å²) in [5, 5.41) is 4.67. The maximum absolute atomic E-state index is 12.1. The molecule has 0 fully saturated rings. The molecule has 1 amide bonds. The number of halogens is 2. The zero-order valence-electron chi connectivity index (χ0n) is 13.9. The number of hydrogen-bond acceptors (Lipinski definition) is 4. The molecule has 0 aliphatic carbocycles. The van der Waals surface area contributed by atoms with E-state index in [4.69, 9.17) is 32.7 Å². The maximum Gasteiger partial charge on any atom is 0.272 e. The number of nitrogens with zero attached hydrogens (tertiary/aromatic N) is 1. The van der Waals surface area contributed by atoms with Gasteiger partial charge in [0.2, 0.25) is 0 Å². The van der Waals surface area contributed by atoms with Gasteiger partial charge in [0.15, 0.2) is 11.5 Å². The molecule has 0 aliphatic heterocycles. The third-order valence-corrected chi connectivity index (χ3v) is 3.67. The van der Waals surface area contributed by atoms with Gasteiger partial charge in [-0.05, 0) is 55.8 Å². The molecular formula is C18H18Cl2N2O3. The zero-order chi connectivity index (χ0) is 18.2. The number of carbonyl (C=O) groups is 1. The summed E-state index contributed by atoms with van der Waals surface area (Å²) in [6.07, 6.45) is 1.51. The summed E-state index contributed by atoms with van der Waals surface area (Å²) in [5.74, 6) is 0.868. The smallest absolute Gasteiger partial charge is 0.272 e. The highest BCUT2D eigenvalue weighted by Crippen LogP contribution is 2.28. The van der Waals surface area contributed by atoms with Crippen molar-refractivity contribution in [3.05, 3.63) is 57.6 Å². The third kappa shape index (κ3) is 5.37. The fraction of sp³-hybridized carbons (Fsp3) is 0.222. The molecule has 0 bridgehead atoms. The first-order valence-corrected chi connectivity index (χ1v) is 8.48. The molecule has 0 heterocycles. The van der Waals surface area contributed by atoms with E-state index in [1.807, 2.05) is 19.9 Å². The minimum absolute atomic E-state index is 0.264. The van der Waals surface area contributed by atoms with Crippen LogP contribution in [0.15, 0.2) is 41.5 Å². The molecule has 0 atom stereocenters. The van der Waals surface area contributed by atoms with E-state index < -0.39 is 5.91 Å². The molecule has 132 valence electrons. The largest absolute Gasteiger partial charge is 0.490 e. The van der Waals surface area contributed by atoms with Crippen molar-refractivity contribution in [1.29, 1.82) is 0 Å². The number of carbonyl (C=O) groups excluding carboxylic acids is 1. The molecule has 0 unspecified atom stereocenters. The van der Waals surface area contributed by atoms with Crippen molar-refractivity contribution in [2.24, 2.45) is 5.10 Å². The van der Waals surface area contributed by atoms with Gasteiger partial charge in [0.05, 0.1) is 30.0 Å². The number of nitrogens with one attached hydrogen (secondary N) is 1. The Morgan fingerprint density at radius 1 is 1.08 bits per heavy atom. The Balaban J connectivity index is 2.08. The highest BCUT2D eigenvalue weighted by atomic mass is 35.5. The molecule has 5 nitrogen and oxygen atoms in total. The predicted molar refractivity (Wildman–Crippen MR) is 100 cm³/mol. The lowest BCUT2D eigenvalue weighted by Gasteiger charge is -2.11.